The summed E-state index contributed by atoms with van der Waals surface area (Å²) in [6, 6.07) is 9.02. The number of aromatic nitrogens is 1. The van der Waals surface area contributed by atoms with Crippen LogP contribution in [-0.2, 0) is 11.3 Å². The molecular weight excluding hydrogens is 382 g/mol. The third-order valence-corrected chi connectivity index (χ3v) is 6.13. The Hall–Kier alpha value is -2.77. The van der Waals surface area contributed by atoms with Gasteiger partial charge in [-0.1, -0.05) is 6.07 Å². The second-order valence-corrected chi connectivity index (χ2v) is 7.92. The standard InChI is InChI=1S/C20H15NO4S2/c1-11-6-14-13(8-18(22)25-16(14)7-12(11)2)9-24-20(23)15-10-27-19(21-15)17-4-3-5-26-17/h3-8,10H,9H2,1-2H3. The minimum atomic E-state index is -0.515. The summed E-state index contributed by atoms with van der Waals surface area (Å²) in [7, 11) is 0. The second kappa shape index (κ2) is 7.09. The third-order valence-electron chi connectivity index (χ3n) is 4.25. The highest BCUT2D eigenvalue weighted by Gasteiger charge is 2.15. The monoisotopic (exact) mass is 397 g/mol. The Bertz CT molecular complexity index is 1190. The van der Waals surface area contributed by atoms with Gasteiger partial charge in [0.2, 0.25) is 0 Å². The smallest absolute Gasteiger partial charge is 0.358 e. The number of nitrogens with zero attached hydrogens (tertiary/aromatic N) is 1. The molecule has 0 fully saturated rings. The van der Waals surface area contributed by atoms with E-state index in [1.165, 1.54) is 17.4 Å². The summed E-state index contributed by atoms with van der Waals surface area (Å²) in [6.45, 7) is 3.92. The SMILES string of the molecule is Cc1cc2oc(=O)cc(COC(=O)c3csc(-c4cccs4)n3)c2cc1C. The van der Waals surface area contributed by atoms with E-state index in [4.69, 9.17) is 9.15 Å². The van der Waals surface area contributed by atoms with Gasteiger partial charge in [-0.05, 0) is 48.6 Å². The third kappa shape index (κ3) is 3.56. The molecule has 0 unspecified atom stereocenters. The highest BCUT2D eigenvalue weighted by molar-refractivity contribution is 7.20. The Balaban J connectivity index is 1.57. The fourth-order valence-electron chi connectivity index (χ4n) is 2.70. The van der Waals surface area contributed by atoms with E-state index >= 15 is 0 Å². The van der Waals surface area contributed by atoms with Crippen molar-refractivity contribution in [3.05, 3.63) is 73.9 Å². The molecule has 0 N–H and O–H groups in total. The van der Waals surface area contributed by atoms with E-state index in [0.29, 0.717) is 11.1 Å². The van der Waals surface area contributed by atoms with Gasteiger partial charge in [-0.2, -0.15) is 0 Å². The van der Waals surface area contributed by atoms with Crippen LogP contribution in [0.1, 0.15) is 27.2 Å². The molecule has 5 nitrogen and oxygen atoms in total. The van der Waals surface area contributed by atoms with Crippen LogP contribution < -0.4 is 5.63 Å². The van der Waals surface area contributed by atoms with E-state index < -0.39 is 11.6 Å². The van der Waals surface area contributed by atoms with Crippen LogP contribution in [0.15, 0.2) is 50.3 Å². The summed E-state index contributed by atoms with van der Waals surface area (Å²) in [5.41, 5.74) is 3.01. The average Bonchev–Trinajstić information content (AvgIpc) is 3.32. The first-order valence-corrected chi connectivity index (χ1v) is 9.98. The molecule has 0 amide bonds. The number of benzene rings is 1. The first-order valence-electron chi connectivity index (χ1n) is 8.22. The van der Waals surface area contributed by atoms with Crippen LogP contribution in [0.2, 0.25) is 0 Å². The van der Waals surface area contributed by atoms with Gasteiger partial charge in [0.05, 0.1) is 4.88 Å². The number of rotatable bonds is 4. The lowest BCUT2D eigenvalue weighted by Gasteiger charge is -2.08. The number of carbonyl (C=O) groups is 1. The Labute approximate surface area is 162 Å². The van der Waals surface area contributed by atoms with Crippen LogP contribution in [0, 0.1) is 13.8 Å². The number of fused-ring (bicyclic) bond motifs is 1. The minimum Gasteiger partial charge on any atom is -0.456 e. The van der Waals surface area contributed by atoms with Crippen molar-refractivity contribution in [2.45, 2.75) is 20.5 Å². The summed E-state index contributed by atoms with van der Waals surface area (Å²) >= 11 is 2.97. The molecule has 3 aromatic heterocycles. The maximum Gasteiger partial charge on any atom is 0.358 e. The summed E-state index contributed by atoms with van der Waals surface area (Å²) in [6.07, 6.45) is 0. The molecule has 0 spiro atoms. The van der Waals surface area contributed by atoms with Gasteiger partial charge in [-0.25, -0.2) is 14.6 Å². The average molecular weight is 397 g/mol. The van der Waals surface area contributed by atoms with Gasteiger partial charge in [-0.3, -0.25) is 0 Å². The zero-order chi connectivity index (χ0) is 19.0. The summed E-state index contributed by atoms with van der Waals surface area (Å²) in [5.74, 6) is -0.515. The molecule has 7 heteroatoms. The van der Waals surface area contributed by atoms with E-state index in [1.807, 2.05) is 43.5 Å². The maximum atomic E-state index is 12.4. The summed E-state index contributed by atoms with van der Waals surface area (Å²) in [5, 5.41) is 5.20. The van der Waals surface area contributed by atoms with Crippen LogP contribution >= 0.6 is 22.7 Å². The first kappa shape index (κ1) is 17.6. The molecule has 0 bridgehead atoms. The Morgan fingerprint density at radius 1 is 1.19 bits per heavy atom. The number of hydrogen-bond donors (Lipinski definition) is 0. The molecule has 0 saturated heterocycles. The van der Waals surface area contributed by atoms with E-state index in [2.05, 4.69) is 4.98 Å². The number of esters is 1. The van der Waals surface area contributed by atoms with E-state index in [9.17, 15) is 9.59 Å². The predicted molar refractivity (Wildman–Crippen MR) is 107 cm³/mol. The van der Waals surface area contributed by atoms with Gasteiger partial charge >= 0.3 is 11.6 Å². The molecule has 0 aliphatic rings. The van der Waals surface area contributed by atoms with Crippen molar-refractivity contribution in [3.8, 4) is 9.88 Å². The van der Waals surface area contributed by atoms with Gasteiger partial charge < -0.3 is 9.15 Å². The zero-order valence-electron chi connectivity index (χ0n) is 14.6. The van der Waals surface area contributed by atoms with Crippen molar-refractivity contribution >= 4 is 39.6 Å². The molecule has 27 heavy (non-hydrogen) atoms. The number of thiophene rings is 1. The Kier molecular flexibility index (Phi) is 4.63. The number of thiazole rings is 1. The molecule has 3 heterocycles. The zero-order valence-corrected chi connectivity index (χ0v) is 16.3. The van der Waals surface area contributed by atoms with Crippen LogP contribution in [-0.4, -0.2) is 11.0 Å². The molecule has 0 aliphatic heterocycles. The Morgan fingerprint density at radius 2 is 2.00 bits per heavy atom. The van der Waals surface area contributed by atoms with Crippen LogP contribution in [0.3, 0.4) is 0 Å². The quantitative estimate of drug-likeness (QED) is 0.360. The molecule has 136 valence electrons. The molecule has 0 saturated carbocycles. The number of carbonyl (C=O) groups excluding carboxylic acids is 1. The van der Waals surface area contributed by atoms with Crippen molar-refractivity contribution in [1.82, 2.24) is 4.98 Å². The van der Waals surface area contributed by atoms with Crippen LogP contribution in [0.25, 0.3) is 20.9 Å². The highest BCUT2D eigenvalue weighted by Crippen LogP contribution is 2.28. The molecule has 4 rings (SSSR count). The highest BCUT2D eigenvalue weighted by atomic mass is 32.1. The van der Waals surface area contributed by atoms with Crippen molar-refractivity contribution in [1.29, 1.82) is 0 Å². The summed E-state index contributed by atoms with van der Waals surface area (Å²) in [4.78, 5) is 29.6. The fraction of sp³-hybridized carbons (Fsp3) is 0.150. The van der Waals surface area contributed by atoms with Gasteiger partial charge in [0.25, 0.3) is 0 Å². The fourth-order valence-corrected chi connectivity index (χ4v) is 4.30. The van der Waals surface area contributed by atoms with Gasteiger partial charge in [0.1, 0.15) is 17.2 Å². The largest absolute Gasteiger partial charge is 0.456 e. The number of hydrogen-bond acceptors (Lipinski definition) is 7. The van der Waals surface area contributed by atoms with Crippen molar-refractivity contribution in [2.24, 2.45) is 0 Å². The molecule has 1 aromatic carbocycles. The van der Waals surface area contributed by atoms with Crippen molar-refractivity contribution in [3.63, 3.8) is 0 Å². The minimum absolute atomic E-state index is 0.0186. The Morgan fingerprint density at radius 3 is 2.78 bits per heavy atom. The first-order chi connectivity index (χ1) is 13.0. The van der Waals surface area contributed by atoms with Crippen LogP contribution in [0.5, 0.6) is 0 Å². The van der Waals surface area contributed by atoms with Gasteiger partial charge in [-0.15, -0.1) is 22.7 Å². The molecule has 0 aliphatic carbocycles. The van der Waals surface area contributed by atoms with E-state index in [0.717, 1.165) is 26.4 Å². The molecule has 4 aromatic rings. The lowest BCUT2D eigenvalue weighted by Crippen LogP contribution is -2.08. The van der Waals surface area contributed by atoms with Gasteiger partial charge in [0, 0.05) is 22.4 Å². The number of ether oxygens (including phenoxy) is 1. The lowest BCUT2D eigenvalue weighted by atomic mass is 10.0. The van der Waals surface area contributed by atoms with Crippen molar-refractivity contribution in [2.75, 3.05) is 0 Å². The molecule has 0 atom stereocenters. The van der Waals surface area contributed by atoms with Crippen LogP contribution in [0.4, 0.5) is 0 Å². The number of aryl methyl sites for hydroxylation is 2. The maximum absolute atomic E-state index is 12.4. The van der Waals surface area contributed by atoms with E-state index in [1.54, 1.807) is 16.7 Å². The molecule has 0 radical (unpaired) electrons. The summed E-state index contributed by atoms with van der Waals surface area (Å²) < 4.78 is 10.7. The van der Waals surface area contributed by atoms with Crippen molar-refractivity contribution < 1.29 is 13.9 Å². The normalized spacial score (nSPS) is 11.0. The van der Waals surface area contributed by atoms with E-state index in [-0.39, 0.29) is 12.3 Å². The topological polar surface area (TPSA) is 69.4 Å². The molecular formula is C20H15NO4S2. The lowest BCUT2D eigenvalue weighted by molar-refractivity contribution is 0.0468. The van der Waals surface area contributed by atoms with Gasteiger partial charge in [0.15, 0.2) is 5.69 Å². The predicted octanol–water partition coefficient (Wildman–Crippen LogP) is 4.95. The second-order valence-electron chi connectivity index (χ2n) is 6.11.